The van der Waals surface area contributed by atoms with E-state index in [9.17, 15) is 14.4 Å². The third kappa shape index (κ3) is 7.18. The standard InChI is InChI=1S/C27H36N4O5/c32-24(20-28-26(33)23-12-7-17-36-23)31(14-13-30-15-18-35-19-16-30)25(21-8-3-1-4-9-21)27(34)29-22-10-5-2-6-11-22/h1,3-4,7-9,12,17,22,25H,2,5-6,10-11,13-16,18-20H2,(H,28,33)(H,29,34)/t25-/m1/s1. The van der Waals surface area contributed by atoms with Gasteiger partial charge in [0.25, 0.3) is 5.91 Å². The molecule has 2 aromatic rings. The Morgan fingerprint density at radius 2 is 1.75 bits per heavy atom. The van der Waals surface area contributed by atoms with Crippen LogP contribution in [0.4, 0.5) is 0 Å². The average molecular weight is 497 g/mol. The van der Waals surface area contributed by atoms with Gasteiger partial charge in [-0.2, -0.15) is 0 Å². The molecule has 4 rings (SSSR count). The van der Waals surface area contributed by atoms with Crippen LogP contribution in [0, 0.1) is 0 Å². The molecular weight excluding hydrogens is 460 g/mol. The highest BCUT2D eigenvalue weighted by Crippen LogP contribution is 2.24. The zero-order valence-corrected chi connectivity index (χ0v) is 20.7. The van der Waals surface area contributed by atoms with Crippen LogP contribution in [0.1, 0.15) is 54.3 Å². The van der Waals surface area contributed by atoms with Gasteiger partial charge in [0.15, 0.2) is 5.76 Å². The van der Waals surface area contributed by atoms with E-state index in [1.54, 1.807) is 17.0 Å². The molecular formula is C27H36N4O5. The molecule has 0 unspecified atom stereocenters. The van der Waals surface area contributed by atoms with Gasteiger partial charge in [-0.15, -0.1) is 0 Å². The van der Waals surface area contributed by atoms with Crippen molar-refractivity contribution in [1.29, 1.82) is 0 Å². The van der Waals surface area contributed by atoms with Crippen molar-refractivity contribution < 1.29 is 23.5 Å². The summed E-state index contributed by atoms with van der Waals surface area (Å²) in [6.07, 6.45) is 6.70. The van der Waals surface area contributed by atoms with E-state index in [2.05, 4.69) is 15.5 Å². The number of carbonyl (C=O) groups is 3. The minimum Gasteiger partial charge on any atom is -0.459 e. The zero-order valence-electron chi connectivity index (χ0n) is 20.7. The van der Waals surface area contributed by atoms with E-state index >= 15 is 0 Å². The second kappa shape index (κ2) is 13.2. The molecule has 0 spiro atoms. The molecule has 1 saturated heterocycles. The van der Waals surface area contributed by atoms with Gasteiger partial charge in [-0.1, -0.05) is 49.6 Å². The molecule has 0 radical (unpaired) electrons. The van der Waals surface area contributed by atoms with Crippen LogP contribution in [0.2, 0.25) is 0 Å². The first-order chi connectivity index (χ1) is 17.6. The Balaban J connectivity index is 1.53. The van der Waals surface area contributed by atoms with Crippen molar-refractivity contribution in [3.63, 3.8) is 0 Å². The number of nitrogens with one attached hydrogen (secondary N) is 2. The topological polar surface area (TPSA) is 104 Å². The van der Waals surface area contributed by atoms with Crippen molar-refractivity contribution in [1.82, 2.24) is 20.4 Å². The Bertz CT molecular complexity index is 969. The first kappa shape index (κ1) is 25.9. The maximum Gasteiger partial charge on any atom is 0.287 e. The first-order valence-electron chi connectivity index (χ1n) is 12.9. The van der Waals surface area contributed by atoms with Crippen LogP contribution in [0.25, 0.3) is 0 Å². The van der Waals surface area contributed by atoms with Crippen LogP contribution >= 0.6 is 0 Å². The lowest BCUT2D eigenvalue weighted by molar-refractivity contribution is -0.141. The number of rotatable bonds is 10. The molecule has 2 aliphatic rings. The molecule has 1 aromatic carbocycles. The maximum atomic E-state index is 13.7. The smallest absolute Gasteiger partial charge is 0.287 e. The molecule has 2 heterocycles. The minimum absolute atomic E-state index is 0.118. The predicted octanol–water partition coefficient (Wildman–Crippen LogP) is 2.36. The quantitative estimate of drug-likeness (QED) is 0.523. The van der Waals surface area contributed by atoms with Crippen LogP contribution in [0.5, 0.6) is 0 Å². The van der Waals surface area contributed by atoms with Crippen LogP contribution in [-0.2, 0) is 14.3 Å². The normalized spacial score (nSPS) is 17.8. The molecule has 0 bridgehead atoms. The second-order valence-electron chi connectivity index (χ2n) is 9.36. The van der Waals surface area contributed by atoms with E-state index in [4.69, 9.17) is 9.15 Å². The highest BCUT2D eigenvalue weighted by molar-refractivity contribution is 5.95. The summed E-state index contributed by atoms with van der Waals surface area (Å²) in [5, 5.41) is 5.85. The summed E-state index contributed by atoms with van der Waals surface area (Å²) in [6.45, 7) is 3.59. The summed E-state index contributed by atoms with van der Waals surface area (Å²) >= 11 is 0. The van der Waals surface area contributed by atoms with Gasteiger partial charge < -0.3 is 24.7 Å². The van der Waals surface area contributed by atoms with Gasteiger partial charge in [-0.3, -0.25) is 19.3 Å². The van der Waals surface area contributed by atoms with Gasteiger partial charge in [0.1, 0.15) is 6.04 Å². The molecule has 2 fully saturated rings. The zero-order chi connectivity index (χ0) is 25.2. The second-order valence-corrected chi connectivity index (χ2v) is 9.36. The van der Waals surface area contributed by atoms with Crippen molar-refractivity contribution in [3.05, 3.63) is 60.1 Å². The lowest BCUT2D eigenvalue weighted by Crippen LogP contribution is -2.51. The van der Waals surface area contributed by atoms with Gasteiger partial charge in [0.05, 0.1) is 26.0 Å². The molecule has 194 valence electrons. The van der Waals surface area contributed by atoms with Crippen LogP contribution in [0.15, 0.2) is 53.1 Å². The summed E-state index contributed by atoms with van der Waals surface area (Å²) < 4.78 is 10.6. The Hall–Kier alpha value is -3.17. The van der Waals surface area contributed by atoms with E-state index < -0.39 is 11.9 Å². The van der Waals surface area contributed by atoms with Crippen LogP contribution in [-0.4, -0.2) is 79.5 Å². The first-order valence-corrected chi connectivity index (χ1v) is 12.9. The minimum atomic E-state index is -0.790. The number of hydrogen-bond donors (Lipinski definition) is 2. The van der Waals surface area contributed by atoms with E-state index in [-0.39, 0.29) is 30.2 Å². The van der Waals surface area contributed by atoms with Gasteiger partial charge >= 0.3 is 0 Å². The number of furan rings is 1. The maximum absolute atomic E-state index is 13.7. The van der Waals surface area contributed by atoms with Gasteiger partial charge in [0, 0.05) is 32.2 Å². The lowest BCUT2D eigenvalue weighted by Gasteiger charge is -2.35. The van der Waals surface area contributed by atoms with Gasteiger partial charge in [-0.05, 0) is 30.5 Å². The number of carbonyl (C=O) groups excluding carboxylic acids is 3. The summed E-state index contributed by atoms with van der Waals surface area (Å²) in [5.74, 6) is -0.835. The number of ether oxygens (including phenoxy) is 1. The molecule has 1 aliphatic carbocycles. The Morgan fingerprint density at radius 3 is 2.44 bits per heavy atom. The van der Waals surface area contributed by atoms with Crippen LogP contribution < -0.4 is 10.6 Å². The number of benzene rings is 1. The third-order valence-corrected chi connectivity index (χ3v) is 6.85. The summed E-state index contributed by atoms with van der Waals surface area (Å²) in [5.41, 5.74) is 0.749. The Kier molecular flexibility index (Phi) is 9.52. The molecule has 9 nitrogen and oxygen atoms in total. The van der Waals surface area contributed by atoms with Crippen molar-refractivity contribution in [3.8, 4) is 0 Å². The number of amides is 3. The number of morpholine rings is 1. The van der Waals surface area contributed by atoms with E-state index in [1.807, 2.05) is 30.3 Å². The van der Waals surface area contributed by atoms with Crippen LogP contribution in [0.3, 0.4) is 0 Å². The largest absolute Gasteiger partial charge is 0.459 e. The van der Waals surface area contributed by atoms with E-state index in [0.717, 1.165) is 44.3 Å². The summed E-state index contributed by atoms with van der Waals surface area (Å²) in [6, 6.07) is 11.9. The van der Waals surface area contributed by atoms with Crippen molar-refractivity contribution in [2.24, 2.45) is 0 Å². The van der Waals surface area contributed by atoms with Gasteiger partial charge in [0.2, 0.25) is 11.8 Å². The van der Waals surface area contributed by atoms with Crippen molar-refractivity contribution in [2.75, 3.05) is 45.9 Å². The molecule has 3 amide bonds. The lowest BCUT2D eigenvalue weighted by atomic mass is 9.94. The fourth-order valence-electron chi connectivity index (χ4n) is 4.86. The molecule has 2 N–H and O–H groups in total. The monoisotopic (exact) mass is 496 g/mol. The molecule has 1 aliphatic heterocycles. The van der Waals surface area contributed by atoms with E-state index in [0.29, 0.717) is 26.3 Å². The summed E-state index contributed by atoms with van der Waals surface area (Å²) in [4.78, 5) is 43.5. The SMILES string of the molecule is O=C(NCC(=O)N(CCN1CCOCC1)[C@@H](C(=O)NC1CCCCC1)c1ccccc1)c1ccco1. The van der Waals surface area contributed by atoms with Gasteiger partial charge in [-0.25, -0.2) is 0 Å². The average Bonchev–Trinajstić information content (AvgIpc) is 3.46. The Morgan fingerprint density at radius 1 is 1.00 bits per heavy atom. The Labute approximate surface area is 212 Å². The molecule has 1 saturated carbocycles. The highest BCUT2D eigenvalue weighted by atomic mass is 16.5. The molecule has 9 heteroatoms. The number of hydrogen-bond acceptors (Lipinski definition) is 6. The fraction of sp³-hybridized carbons (Fsp3) is 0.519. The highest BCUT2D eigenvalue weighted by Gasteiger charge is 2.33. The molecule has 1 aromatic heterocycles. The molecule has 1 atom stereocenters. The predicted molar refractivity (Wildman–Crippen MR) is 134 cm³/mol. The number of nitrogens with zero attached hydrogens (tertiary/aromatic N) is 2. The van der Waals surface area contributed by atoms with Crippen molar-refractivity contribution in [2.45, 2.75) is 44.2 Å². The fourth-order valence-corrected chi connectivity index (χ4v) is 4.86. The van der Waals surface area contributed by atoms with Crippen molar-refractivity contribution >= 4 is 17.7 Å². The molecule has 36 heavy (non-hydrogen) atoms. The third-order valence-electron chi connectivity index (χ3n) is 6.85. The van der Waals surface area contributed by atoms with E-state index in [1.165, 1.54) is 12.7 Å². The summed E-state index contributed by atoms with van der Waals surface area (Å²) in [7, 11) is 0.